The van der Waals surface area contributed by atoms with E-state index in [2.05, 4.69) is 19.6 Å². The molecule has 0 N–H and O–H groups in total. The average molecular weight is 503 g/mol. The zero-order chi connectivity index (χ0) is 18.3. The SMILES string of the molecule is C.C.C=C1CCO[C@]12CC[C@H]1[C@@H]3CCC4=C(CCC5(C4)OCCO5)C3=CC[C@@]12C.S.S.S. The van der Waals surface area contributed by atoms with E-state index in [-0.39, 0.29) is 72.1 Å². The maximum absolute atomic E-state index is 6.46. The summed E-state index contributed by atoms with van der Waals surface area (Å²) in [6.45, 7) is 9.36. The summed E-state index contributed by atoms with van der Waals surface area (Å²) in [6.07, 6.45) is 13.0. The largest absolute Gasteiger partial charge is 0.370 e. The lowest BCUT2D eigenvalue weighted by Gasteiger charge is -2.51. The summed E-state index contributed by atoms with van der Waals surface area (Å²) in [6, 6.07) is 0. The highest BCUT2D eigenvalue weighted by atomic mass is 32.1. The zero-order valence-corrected chi connectivity index (χ0v) is 21.1. The topological polar surface area (TPSA) is 27.7 Å². The van der Waals surface area contributed by atoms with Crippen LogP contribution in [0.2, 0.25) is 0 Å². The van der Waals surface area contributed by atoms with E-state index in [1.165, 1.54) is 31.3 Å². The molecule has 4 atom stereocenters. The Hall–Kier alpha value is 0.150. The molecule has 0 bridgehead atoms. The van der Waals surface area contributed by atoms with Gasteiger partial charge in [-0.2, -0.15) is 40.5 Å². The van der Waals surface area contributed by atoms with Crippen LogP contribution in [0.15, 0.2) is 34.9 Å². The molecule has 0 aromatic rings. The molecule has 32 heavy (non-hydrogen) atoms. The minimum absolute atomic E-state index is 0. The predicted octanol–water partition coefficient (Wildman–Crippen LogP) is 6.69. The average Bonchev–Trinajstić information content (AvgIpc) is 3.35. The van der Waals surface area contributed by atoms with Gasteiger partial charge in [-0.15, -0.1) is 0 Å². The van der Waals surface area contributed by atoms with Gasteiger partial charge in [0.05, 0.1) is 25.4 Å². The van der Waals surface area contributed by atoms with Crippen molar-refractivity contribution in [2.24, 2.45) is 17.3 Å². The van der Waals surface area contributed by atoms with Gasteiger partial charge in [-0.3, -0.25) is 0 Å². The van der Waals surface area contributed by atoms with Crippen molar-refractivity contribution in [3.8, 4) is 0 Å². The van der Waals surface area contributed by atoms with E-state index in [9.17, 15) is 0 Å². The molecule has 0 aromatic carbocycles. The van der Waals surface area contributed by atoms with Crippen LogP contribution >= 0.6 is 40.5 Å². The number of hydrogen-bond donors (Lipinski definition) is 0. The molecule has 6 rings (SSSR count). The Balaban J connectivity index is 0.00000102. The van der Waals surface area contributed by atoms with E-state index >= 15 is 0 Å². The van der Waals surface area contributed by atoms with Crippen molar-refractivity contribution in [2.45, 2.75) is 91.0 Å². The molecule has 0 aromatic heterocycles. The molecule has 2 saturated heterocycles. The normalized spacial score (nSPS) is 38.2. The van der Waals surface area contributed by atoms with E-state index in [4.69, 9.17) is 14.2 Å². The molecular weight excluding hydrogens is 456 g/mol. The first-order valence-electron chi connectivity index (χ1n) is 11.1. The van der Waals surface area contributed by atoms with Gasteiger partial charge in [0.1, 0.15) is 0 Å². The molecule has 2 aliphatic heterocycles. The Morgan fingerprint density at radius 1 is 0.906 bits per heavy atom. The first-order valence-corrected chi connectivity index (χ1v) is 11.1. The molecule has 0 radical (unpaired) electrons. The van der Waals surface area contributed by atoms with Gasteiger partial charge < -0.3 is 14.2 Å². The Labute approximate surface area is 217 Å². The van der Waals surface area contributed by atoms with Gasteiger partial charge in [-0.1, -0.05) is 40.0 Å². The Bertz CT molecular complexity index is 770. The fourth-order valence-corrected chi connectivity index (χ4v) is 7.76. The highest BCUT2D eigenvalue weighted by Gasteiger charge is 2.63. The van der Waals surface area contributed by atoms with Gasteiger partial charge in [0, 0.05) is 18.3 Å². The standard InChI is InChI=1S/C24H32O3.2CH4.3H2S/c1-16-8-12-27-24(16)11-7-21-20-4-3-17-15-23(25-13-14-26-23)10-6-18(17)19(20)5-9-22(21,24)2;;;;;/h5,20-21H,1,3-4,6-15H2,2H3;2*1H4;3*1H2/t20-,21+,22+,24-;;;;;/m1...../s1. The highest BCUT2D eigenvalue weighted by molar-refractivity contribution is 7.59. The van der Waals surface area contributed by atoms with Crippen LogP contribution < -0.4 is 0 Å². The van der Waals surface area contributed by atoms with E-state index in [0.717, 1.165) is 63.8 Å². The van der Waals surface area contributed by atoms with Crippen LogP contribution in [-0.2, 0) is 14.2 Å². The van der Waals surface area contributed by atoms with E-state index < -0.39 is 0 Å². The lowest BCUT2D eigenvalue weighted by molar-refractivity contribution is -0.164. The molecular formula is C26H46O3S3. The van der Waals surface area contributed by atoms with Gasteiger partial charge in [0.2, 0.25) is 0 Å². The first kappa shape index (κ1) is 30.2. The third-order valence-electron chi connectivity index (χ3n) is 9.09. The number of rotatable bonds is 0. The summed E-state index contributed by atoms with van der Waals surface area (Å²) in [5, 5.41) is 0. The second kappa shape index (κ2) is 10.4. The van der Waals surface area contributed by atoms with Crippen LogP contribution in [-0.4, -0.2) is 31.2 Å². The van der Waals surface area contributed by atoms with Crippen LogP contribution in [0.3, 0.4) is 0 Å². The molecule has 3 fully saturated rings. The smallest absolute Gasteiger partial charge is 0.172 e. The summed E-state index contributed by atoms with van der Waals surface area (Å²) in [5.74, 6) is 1.18. The molecule has 2 spiro atoms. The fourth-order valence-electron chi connectivity index (χ4n) is 7.76. The van der Waals surface area contributed by atoms with Gasteiger partial charge in [0.25, 0.3) is 0 Å². The minimum atomic E-state index is -0.289. The van der Waals surface area contributed by atoms with E-state index in [1.807, 2.05) is 0 Å². The molecule has 1 saturated carbocycles. The van der Waals surface area contributed by atoms with Crippen molar-refractivity contribution < 1.29 is 14.2 Å². The first-order chi connectivity index (χ1) is 13.1. The number of ether oxygens (including phenoxy) is 3. The van der Waals surface area contributed by atoms with Crippen molar-refractivity contribution >= 4 is 40.5 Å². The molecule has 186 valence electrons. The maximum atomic E-state index is 6.46. The Morgan fingerprint density at radius 3 is 2.28 bits per heavy atom. The predicted molar refractivity (Wildman–Crippen MR) is 149 cm³/mol. The maximum Gasteiger partial charge on any atom is 0.172 e. The van der Waals surface area contributed by atoms with Crippen LogP contribution in [0.25, 0.3) is 0 Å². The molecule has 0 amide bonds. The van der Waals surface area contributed by atoms with Crippen molar-refractivity contribution in [3.63, 3.8) is 0 Å². The number of fused-ring (bicyclic) bond motifs is 5. The Morgan fingerprint density at radius 2 is 1.62 bits per heavy atom. The summed E-state index contributed by atoms with van der Waals surface area (Å²) in [7, 11) is 0. The molecule has 3 nitrogen and oxygen atoms in total. The lowest BCUT2D eigenvalue weighted by Crippen LogP contribution is -2.49. The van der Waals surface area contributed by atoms with Crippen molar-refractivity contribution in [1.82, 2.24) is 0 Å². The zero-order valence-electron chi connectivity index (χ0n) is 18.1. The number of allylic oxidation sites excluding steroid dienone is 3. The summed E-state index contributed by atoms with van der Waals surface area (Å²) in [5.41, 5.74) is 6.55. The van der Waals surface area contributed by atoms with Gasteiger partial charge in [-0.05, 0) is 73.5 Å². The monoisotopic (exact) mass is 502 g/mol. The van der Waals surface area contributed by atoms with Gasteiger partial charge in [0.15, 0.2) is 5.79 Å². The number of hydrogen-bond acceptors (Lipinski definition) is 3. The molecule has 4 aliphatic carbocycles. The lowest BCUT2D eigenvalue weighted by atomic mass is 9.55. The van der Waals surface area contributed by atoms with Crippen LogP contribution in [0.1, 0.15) is 79.6 Å². The van der Waals surface area contributed by atoms with E-state index in [0.29, 0.717) is 0 Å². The second-order valence-corrected chi connectivity index (χ2v) is 9.97. The Kier molecular flexibility index (Phi) is 9.82. The van der Waals surface area contributed by atoms with Crippen molar-refractivity contribution in [3.05, 3.63) is 34.9 Å². The summed E-state index contributed by atoms with van der Waals surface area (Å²) >= 11 is 0. The molecule has 6 heteroatoms. The summed E-state index contributed by atoms with van der Waals surface area (Å²) < 4.78 is 18.5. The van der Waals surface area contributed by atoms with E-state index in [1.54, 1.807) is 16.7 Å². The van der Waals surface area contributed by atoms with Gasteiger partial charge >= 0.3 is 0 Å². The molecule has 0 unspecified atom stereocenters. The highest BCUT2D eigenvalue weighted by Crippen LogP contribution is 2.66. The third-order valence-corrected chi connectivity index (χ3v) is 9.09. The second-order valence-electron chi connectivity index (χ2n) is 9.97. The van der Waals surface area contributed by atoms with Crippen molar-refractivity contribution in [2.75, 3.05) is 19.8 Å². The fraction of sp³-hybridized carbons (Fsp3) is 0.769. The van der Waals surface area contributed by atoms with Crippen LogP contribution in [0, 0.1) is 17.3 Å². The van der Waals surface area contributed by atoms with Gasteiger partial charge in [-0.25, -0.2) is 0 Å². The van der Waals surface area contributed by atoms with Crippen molar-refractivity contribution in [1.29, 1.82) is 0 Å². The molecule has 6 aliphatic rings. The minimum Gasteiger partial charge on any atom is -0.370 e. The third kappa shape index (κ3) is 3.89. The van der Waals surface area contributed by atoms with Crippen LogP contribution in [0.4, 0.5) is 0 Å². The quantitative estimate of drug-likeness (QED) is 0.345. The van der Waals surface area contributed by atoms with Crippen LogP contribution in [0.5, 0.6) is 0 Å². The molecule has 2 heterocycles. The summed E-state index contributed by atoms with van der Waals surface area (Å²) in [4.78, 5) is 0.